The van der Waals surface area contributed by atoms with Gasteiger partial charge in [-0.3, -0.25) is 4.79 Å². The zero-order valence-electron chi connectivity index (χ0n) is 17.5. The monoisotopic (exact) mass is 467 g/mol. The minimum Gasteiger partial charge on any atom is -0.266 e. The van der Waals surface area contributed by atoms with Crippen molar-refractivity contribution in [1.82, 2.24) is 24.4 Å². The number of hydrogen-bond acceptors (Lipinski definition) is 6. The van der Waals surface area contributed by atoms with Gasteiger partial charge in [0.2, 0.25) is 4.96 Å². The smallest absolute Gasteiger partial charge is 0.266 e. The molecule has 0 aliphatic heterocycles. The minimum atomic E-state index is -0.176. The quantitative estimate of drug-likeness (QED) is 0.380. The molecule has 0 unspecified atom stereocenters. The second-order valence-electron chi connectivity index (χ2n) is 7.60. The van der Waals surface area contributed by atoms with Gasteiger partial charge in [-0.2, -0.15) is 14.6 Å². The molecule has 0 amide bonds. The fourth-order valence-corrected chi connectivity index (χ4v) is 5.24. The van der Waals surface area contributed by atoms with Crippen LogP contribution in [-0.4, -0.2) is 24.4 Å². The summed E-state index contributed by atoms with van der Waals surface area (Å²) in [7, 11) is 0. The number of para-hydroxylation sites is 1. The zero-order chi connectivity index (χ0) is 22.4. The third-order valence-electron chi connectivity index (χ3n) is 5.30. The Morgan fingerprint density at radius 2 is 1.76 bits per heavy atom. The summed E-state index contributed by atoms with van der Waals surface area (Å²) in [4.78, 5) is 19.3. The fraction of sp³-hybridized carbons (Fsp3) is 0.0400. The van der Waals surface area contributed by atoms with E-state index in [0.717, 1.165) is 27.4 Å². The molecule has 0 aliphatic rings. The van der Waals surface area contributed by atoms with E-state index in [2.05, 4.69) is 10.1 Å². The Kier molecular flexibility index (Phi) is 4.74. The van der Waals surface area contributed by atoms with E-state index in [0.29, 0.717) is 15.3 Å². The Morgan fingerprint density at radius 1 is 0.939 bits per heavy atom. The van der Waals surface area contributed by atoms with Crippen molar-refractivity contribution in [3.8, 4) is 27.6 Å². The maximum atomic E-state index is 13.1. The zero-order valence-corrected chi connectivity index (χ0v) is 19.2. The average molecular weight is 468 g/mol. The van der Waals surface area contributed by atoms with E-state index < -0.39 is 0 Å². The molecule has 0 fully saturated rings. The first kappa shape index (κ1) is 19.8. The summed E-state index contributed by atoms with van der Waals surface area (Å²) in [6.45, 7) is 2.03. The lowest BCUT2D eigenvalue weighted by molar-refractivity contribution is 0.885. The van der Waals surface area contributed by atoms with Crippen LogP contribution in [0.3, 0.4) is 0 Å². The van der Waals surface area contributed by atoms with Gasteiger partial charge in [0.25, 0.3) is 5.56 Å². The molecule has 0 bridgehead atoms. The molecular weight excluding hydrogens is 450 g/mol. The molecular formula is C25H17N5OS2. The summed E-state index contributed by atoms with van der Waals surface area (Å²) >= 11 is 2.96. The predicted molar refractivity (Wildman–Crippen MR) is 133 cm³/mol. The summed E-state index contributed by atoms with van der Waals surface area (Å²) in [5, 5.41) is 11.3. The van der Waals surface area contributed by atoms with Gasteiger partial charge in [-0.25, -0.2) is 4.68 Å². The van der Waals surface area contributed by atoms with Gasteiger partial charge in [-0.15, -0.1) is 16.4 Å². The van der Waals surface area contributed by atoms with Crippen molar-refractivity contribution in [3.05, 3.63) is 104 Å². The summed E-state index contributed by atoms with van der Waals surface area (Å²) in [6.07, 6.45) is 3.84. The SMILES string of the molecule is Cc1ccc(-c2nc3s/c(=C\c4cn(-c5ccccc5)nc4-c4cccs4)c(=O)n3n2)cc1. The summed E-state index contributed by atoms with van der Waals surface area (Å²) in [5.74, 6) is 0.557. The summed E-state index contributed by atoms with van der Waals surface area (Å²) in [6, 6.07) is 21.9. The van der Waals surface area contributed by atoms with E-state index >= 15 is 0 Å². The van der Waals surface area contributed by atoms with Gasteiger partial charge in [0, 0.05) is 17.3 Å². The number of benzene rings is 2. The Morgan fingerprint density at radius 3 is 2.48 bits per heavy atom. The van der Waals surface area contributed by atoms with Crippen molar-refractivity contribution in [2.75, 3.05) is 0 Å². The highest BCUT2D eigenvalue weighted by Crippen LogP contribution is 2.28. The molecule has 6 rings (SSSR count). The van der Waals surface area contributed by atoms with Crippen LogP contribution in [0.25, 0.3) is 38.7 Å². The van der Waals surface area contributed by atoms with Crippen LogP contribution in [0, 0.1) is 6.92 Å². The number of aromatic nitrogens is 5. The molecule has 8 heteroatoms. The molecule has 0 saturated carbocycles. The molecule has 6 aromatic rings. The van der Waals surface area contributed by atoms with Crippen LogP contribution in [0.2, 0.25) is 0 Å². The van der Waals surface area contributed by atoms with Crippen molar-refractivity contribution in [2.45, 2.75) is 6.92 Å². The van der Waals surface area contributed by atoms with Crippen LogP contribution in [0.5, 0.6) is 0 Å². The second-order valence-corrected chi connectivity index (χ2v) is 9.56. The standard InChI is InChI=1S/C25H17N5OS2/c1-16-9-11-17(12-10-16)23-26-25-30(28-23)24(31)21(33-25)14-18-15-29(19-6-3-2-4-7-19)27-22(18)20-8-5-13-32-20/h2-15H,1H3/b21-14-. The number of thiazole rings is 1. The fourth-order valence-electron chi connectivity index (χ4n) is 3.61. The molecule has 0 N–H and O–H groups in total. The molecule has 0 aliphatic carbocycles. The van der Waals surface area contributed by atoms with Crippen molar-refractivity contribution < 1.29 is 0 Å². The van der Waals surface area contributed by atoms with E-state index in [1.54, 1.807) is 11.3 Å². The maximum absolute atomic E-state index is 13.1. The first-order chi connectivity index (χ1) is 16.2. The van der Waals surface area contributed by atoms with Crippen LogP contribution in [-0.2, 0) is 0 Å². The van der Waals surface area contributed by atoms with Gasteiger partial charge in [0.1, 0.15) is 5.69 Å². The predicted octanol–water partition coefficient (Wildman–Crippen LogP) is 4.59. The van der Waals surface area contributed by atoms with Crippen molar-refractivity contribution in [3.63, 3.8) is 0 Å². The summed E-state index contributed by atoms with van der Waals surface area (Å²) in [5.41, 5.74) is 4.56. The molecule has 0 spiro atoms. The molecule has 2 aromatic carbocycles. The number of hydrogen-bond donors (Lipinski definition) is 0. The molecule has 4 aromatic heterocycles. The highest BCUT2D eigenvalue weighted by molar-refractivity contribution is 7.15. The van der Waals surface area contributed by atoms with Crippen LogP contribution >= 0.6 is 22.7 Å². The van der Waals surface area contributed by atoms with E-state index in [9.17, 15) is 4.79 Å². The topological polar surface area (TPSA) is 65.1 Å². The third-order valence-corrected chi connectivity index (χ3v) is 7.13. The lowest BCUT2D eigenvalue weighted by atomic mass is 10.1. The Balaban J connectivity index is 1.47. The van der Waals surface area contributed by atoms with E-state index in [1.165, 1.54) is 21.4 Å². The van der Waals surface area contributed by atoms with Crippen LogP contribution < -0.4 is 10.1 Å². The number of fused-ring (bicyclic) bond motifs is 1. The Bertz CT molecular complexity index is 1680. The van der Waals surface area contributed by atoms with Gasteiger partial charge < -0.3 is 0 Å². The summed E-state index contributed by atoms with van der Waals surface area (Å²) < 4.78 is 3.81. The van der Waals surface area contributed by atoms with E-state index in [1.807, 2.05) is 96.0 Å². The van der Waals surface area contributed by atoms with Gasteiger partial charge in [0.15, 0.2) is 5.82 Å². The molecule has 0 radical (unpaired) electrons. The minimum absolute atomic E-state index is 0.176. The molecule has 6 nitrogen and oxygen atoms in total. The van der Waals surface area contributed by atoms with Crippen LogP contribution in [0.4, 0.5) is 0 Å². The molecule has 160 valence electrons. The molecule has 33 heavy (non-hydrogen) atoms. The number of rotatable bonds is 4. The lowest BCUT2D eigenvalue weighted by Gasteiger charge is -1.99. The number of aryl methyl sites for hydroxylation is 1. The highest BCUT2D eigenvalue weighted by atomic mass is 32.1. The molecule has 4 heterocycles. The Hall–Kier alpha value is -3.88. The largest absolute Gasteiger partial charge is 0.291 e. The average Bonchev–Trinajstić information content (AvgIpc) is 3.62. The first-order valence-electron chi connectivity index (χ1n) is 10.3. The van der Waals surface area contributed by atoms with E-state index in [4.69, 9.17) is 5.10 Å². The van der Waals surface area contributed by atoms with Gasteiger partial charge in [-0.1, -0.05) is 65.4 Å². The van der Waals surface area contributed by atoms with Crippen LogP contribution in [0.15, 0.2) is 83.1 Å². The molecule has 0 atom stereocenters. The maximum Gasteiger partial charge on any atom is 0.291 e. The van der Waals surface area contributed by atoms with Gasteiger partial charge in [0.05, 0.1) is 15.1 Å². The van der Waals surface area contributed by atoms with Gasteiger partial charge in [-0.05, 0) is 36.6 Å². The lowest BCUT2D eigenvalue weighted by Crippen LogP contribution is -2.23. The van der Waals surface area contributed by atoms with Gasteiger partial charge >= 0.3 is 0 Å². The van der Waals surface area contributed by atoms with E-state index in [-0.39, 0.29) is 5.56 Å². The van der Waals surface area contributed by atoms with Crippen molar-refractivity contribution in [1.29, 1.82) is 0 Å². The Labute approximate surface area is 196 Å². The first-order valence-corrected chi connectivity index (χ1v) is 12.0. The number of nitrogens with zero attached hydrogens (tertiary/aromatic N) is 5. The highest BCUT2D eigenvalue weighted by Gasteiger charge is 2.15. The second kappa shape index (κ2) is 7.91. The van der Waals surface area contributed by atoms with Crippen molar-refractivity contribution >= 4 is 33.7 Å². The normalized spacial score (nSPS) is 12.1. The third kappa shape index (κ3) is 3.59. The molecule has 0 saturated heterocycles. The number of thiophene rings is 1. The van der Waals surface area contributed by atoms with Crippen molar-refractivity contribution in [2.24, 2.45) is 0 Å². The van der Waals surface area contributed by atoms with Crippen LogP contribution in [0.1, 0.15) is 11.1 Å².